The van der Waals surface area contributed by atoms with E-state index in [1.54, 1.807) is 6.07 Å². The summed E-state index contributed by atoms with van der Waals surface area (Å²) in [5, 5.41) is 10.5. The average molecular weight is 335 g/mol. The van der Waals surface area contributed by atoms with Crippen LogP contribution in [0.15, 0.2) is 46.9 Å². The molecule has 3 heteroatoms. The summed E-state index contributed by atoms with van der Waals surface area (Å²) >= 11 is 3.41. The van der Waals surface area contributed by atoms with Gasteiger partial charge in [0, 0.05) is 10.9 Å². The zero-order chi connectivity index (χ0) is 14.1. The molecular formula is C17H16BrFO. The van der Waals surface area contributed by atoms with Gasteiger partial charge in [-0.2, -0.15) is 0 Å². The Kier molecular flexibility index (Phi) is 3.90. The second-order valence-corrected chi connectivity index (χ2v) is 6.21. The number of hydrogen-bond acceptors (Lipinski definition) is 1. The Balaban J connectivity index is 1.86. The number of halogens is 2. The molecule has 0 heterocycles. The van der Waals surface area contributed by atoms with Crippen molar-refractivity contribution < 1.29 is 9.50 Å². The fourth-order valence-electron chi connectivity index (χ4n) is 2.60. The van der Waals surface area contributed by atoms with Crippen molar-refractivity contribution in [2.24, 2.45) is 0 Å². The third-order valence-electron chi connectivity index (χ3n) is 3.79. The Morgan fingerprint density at radius 3 is 2.70 bits per heavy atom. The summed E-state index contributed by atoms with van der Waals surface area (Å²) in [4.78, 5) is 0. The molecule has 0 radical (unpaired) electrons. The Morgan fingerprint density at radius 2 is 1.95 bits per heavy atom. The van der Waals surface area contributed by atoms with E-state index in [1.807, 2.05) is 18.2 Å². The number of hydrogen-bond donors (Lipinski definition) is 1. The molecule has 1 aliphatic rings. The van der Waals surface area contributed by atoms with Gasteiger partial charge >= 0.3 is 0 Å². The zero-order valence-electron chi connectivity index (χ0n) is 11.0. The van der Waals surface area contributed by atoms with Crippen molar-refractivity contribution in [3.8, 4) is 0 Å². The second-order valence-electron chi connectivity index (χ2n) is 5.36. The fourth-order valence-corrected chi connectivity index (χ4v) is 3.01. The van der Waals surface area contributed by atoms with Gasteiger partial charge in [0.15, 0.2) is 0 Å². The molecule has 1 unspecified atom stereocenters. The third kappa shape index (κ3) is 2.94. The van der Waals surface area contributed by atoms with Crippen LogP contribution in [0.3, 0.4) is 0 Å². The van der Waals surface area contributed by atoms with Crippen LogP contribution in [0.5, 0.6) is 0 Å². The van der Waals surface area contributed by atoms with Crippen LogP contribution in [-0.2, 0) is 6.42 Å². The van der Waals surface area contributed by atoms with Gasteiger partial charge in [-0.25, -0.2) is 4.39 Å². The first-order chi connectivity index (χ1) is 9.65. The average Bonchev–Trinajstić information content (AvgIpc) is 3.27. The first-order valence-corrected chi connectivity index (χ1v) is 7.65. The lowest BCUT2D eigenvalue weighted by atomic mass is 9.95. The van der Waals surface area contributed by atoms with Crippen molar-refractivity contribution in [1.29, 1.82) is 0 Å². The van der Waals surface area contributed by atoms with Crippen LogP contribution >= 0.6 is 15.9 Å². The molecular weight excluding hydrogens is 319 g/mol. The maximum atomic E-state index is 13.3. The monoisotopic (exact) mass is 334 g/mol. The van der Waals surface area contributed by atoms with Crippen molar-refractivity contribution in [3.05, 3.63) is 69.4 Å². The molecule has 2 aromatic carbocycles. The quantitative estimate of drug-likeness (QED) is 0.855. The summed E-state index contributed by atoms with van der Waals surface area (Å²) < 4.78 is 14.2. The molecule has 0 saturated heterocycles. The van der Waals surface area contributed by atoms with Gasteiger partial charge in [-0.15, -0.1) is 0 Å². The van der Waals surface area contributed by atoms with E-state index in [2.05, 4.69) is 22.0 Å². The van der Waals surface area contributed by atoms with E-state index in [0.29, 0.717) is 12.3 Å². The zero-order valence-corrected chi connectivity index (χ0v) is 12.6. The van der Waals surface area contributed by atoms with E-state index in [0.717, 1.165) is 15.6 Å². The van der Waals surface area contributed by atoms with E-state index >= 15 is 0 Å². The predicted molar refractivity (Wildman–Crippen MR) is 81.2 cm³/mol. The van der Waals surface area contributed by atoms with Crippen molar-refractivity contribution in [2.75, 3.05) is 0 Å². The molecule has 1 saturated carbocycles. The first kappa shape index (κ1) is 13.8. The van der Waals surface area contributed by atoms with Crippen LogP contribution in [0, 0.1) is 5.82 Å². The standard InChI is InChI=1S/C17H16BrFO/c18-16-8-7-13(19)9-12(16)10-17(20)15-4-2-1-3-14(15)11-5-6-11/h1-4,7-9,11,17,20H,5-6,10H2. The Bertz CT molecular complexity index is 622. The van der Waals surface area contributed by atoms with Crippen LogP contribution in [0.25, 0.3) is 0 Å². The SMILES string of the molecule is OC(Cc1cc(F)ccc1Br)c1ccccc1C1CC1. The molecule has 0 spiro atoms. The van der Waals surface area contributed by atoms with Gasteiger partial charge in [-0.3, -0.25) is 0 Å². The van der Waals surface area contributed by atoms with Crippen LogP contribution in [-0.4, -0.2) is 5.11 Å². The smallest absolute Gasteiger partial charge is 0.123 e. The minimum atomic E-state index is -0.593. The maximum Gasteiger partial charge on any atom is 0.123 e. The molecule has 1 nitrogen and oxygen atoms in total. The van der Waals surface area contributed by atoms with Crippen LogP contribution < -0.4 is 0 Å². The van der Waals surface area contributed by atoms with E-state index < -0.39 is 6.10 Å². The van der Waals surface area contributed by atoms with E-state index in [1.165, 1.54) is 30.5 Å². The lowest BCUT2D eigenvalue weighted by Crippen LogP contribution is -2.05. The Hall–Kier alpha value is -1.19. The summed E-state index contributed by atoms with van der Waals surface area (Å²) in [5.74, 6) is 0.322. The van der Waals surface area contributed by atoms with Gasteiger partial charge in [0.25, 0.3) is 0 Å². The molecule has 1 atom stereocenters. The normalized spacial score (nSPS) is 16.1. The summed E-state index contributed by atoms with van der Waals surface area (Å²) in [6.07, 6.45) is 2.23. The third-order valence-corrected chi connectivity index (χ3v) is 4.57. The van der Waals surface area contributed by atoms with Gasteiger partial charge in [-0.1, -0.05) is 40.2 Å². The molecule has 0 aromatic heterocycles. The molecule has 1 aliphatic carbocycles. The molecule has 20 heavy (non-hydrogen) atoms. The lowest BCUT2D eigenvalue weighted by molar-refractivity contribution is 0.177. The Morgan fingerprint density at radius 1 is 1.20 bits per heavy atom. The molecule has 104 valence electrons. The van der Waals surface area contributed by atoms with Gasteiger partial charge < -0.3 is 5.11 Å². The summed E-state index contributed by atoms with van der Waals surface area (Å²) in [7, 11) is 0. The summed E-state index contributed by atoms with van der Waals surface area (Å²) in [6.45, 7) is 0. The van der Waals surface area contributed by atoms with E-state index in [4.69, 9.17) is 0 Å². The minimum Gasteiger partial charge on any atom is -0.388 e. The summed E-state index contributed by atoms with van der Waals surface area (Å²) in [5.41, 5.74) is 3.02. The molecule has 0 aliphatic heterocycles. The lowest BCUT2D eigenvalue weighted by Gasteiger charge is -2.16. The highest BCUT2D eigenvalue weighted by Gasteiger charge is 2.27. The maximum absolute atomic E-state index is 13.3. The molecule has 1 fully saturated rings. The largest absolute Gasteiger partial charge is 0.388 e. The molecule has 1 N–H and O–H groups in total. The number of aliphatic hydroxyl groups excluding tert-OH is 1. The minimum absolute atomic E-state index is 0.272. The van der Waals surface area contributed by atoms with Crippen molar-refractivity contribution in [1.82, 2.24) is 0 Å². The molecule has 2 aromatic rings. The van der Waals surface area contributed by atoms with Crippen molar-refractivity contribution in [2.45, 2.75) is 31.3 Å². The molecule has 0 bridgehead atoms. The van der Waals surface area contributed by atoms with Crippen LogP contribution in [0.1, 0.15) is 41.6 Å². The predicted octanol–water partition coefficient (Wildman–Crippen LogP) is 4.74. The van der Waals surface area contributed by atoms with Crippen molar-refractivity contribution >= 4 is 15.9 Å². The van der Waals surface area contributed by atoms with E-state index in [9.17, 15) is 9.50 Å². The summed E-state index contributed by atoms with van der Waals surface area (Å²) in [6, 6.07) is 12.6. The van der Waals surface area contributed by atoms with Gasteiger partial charge in [0.1, 0.15) is 5.82 Å². The number of benzene rings is 2. The Labute approximate surface area is 126 Å². The fraction of sp³-hybridized carbons (Fsp3) is 0.294. The van der Waals surface area contributed by atoms with Gasteiger partial charge in [0.2, 0.25) is 0 Å². The van der Waals surface area contributed by atoms with Crippen LogP contribution in [0.2, 0.25) is 0 Å². The molecule has 0 amide bonds. The first-order valence-electron chi connectivity index (χ1n) is 6.86. The van der Waals surface area contributed by atoms with Gasteiger partial charge in [0.05, 0.1) is 6.10 Å². The second kappa shape index (κ2) is 5.66. The highest BCUT2D eigenvalue weighted by molar-refractivity contribution is 9.10. The van der Waals surface area contributed by atoms with Gasteiger partial charge in [-0.05, 0) is 53.6 Å². The number of aliphatic hydroxyl groups is 1. The highest BCUT2D eigenvalue weighted by atomic mass is 79.9. The van der Waals surface area contributed by atoms with Crippen molar-refractivity contribution in [3.63, 3.8) is 0 Å². The number of rotatable bonds is 4. The van der Waals surface area contributed by atoms with Crippen LogP contribution in [0.4, 0.5) is 4.39 Å². The topological polar surface area (TPSA) is 20.2 Å². The van der Waals surface area contributed by atoms with E-state index in [-0.39, 0.29) is 5.82 Å². The highest BCUT2D eigenvalue weighted by Crippen LogP contribution is 2.43. The molecule has 3 rings (SSSR count).